The standard InChI is InChI=1S/C25H30N4O5/c1-6-34-21(30)13-20(18-8-7-9-19(12-18)29-16(3)10-11-17(29)4)26-25(33)27-22-23(31)15(2)14-28(5)24(22)32/h7-12,14,20,31H,6,13H2,1-5H3,(H2,26,27,33)/t20-/m0/s1. The second kappa shape index (κ2) is 10.3. The Morgan fingerprint density at radius 2 is 1.79 bits per heavy atom. The van der Waals surface area contributed by atoms with Gasteiger partial charge in [-0.2, -0.15) is 0 Å². The maximum absolute atomic E-state index is 12.8. The van der Waals surface area contributed by atoms with E-state index in [1.807, 2.05) is 50.2 Å². The number of aromatic hydroxyl groups is 1. The molecule has 3 aromatic rings. The van der Waals surface area contributed by atoms with Gasteiger partial charge in [-0.25, -0.2) is 4.79 Å². The molecule has 9 nitrogen and oxygen atoms in total. The van der Waals surface area contributed by atoms with Gasteiger partial charge in [0, 0.05) is 35.9 Å². The third-order valence-electron chi connectivity index (χ3n) is 5.55. The molecule has 3 N–H and O–H groups in total. The predicted molar refractivity (Wildman–Crippen MR) is 129 cm³/mol. The van der Waals surface area contributed by atoms with Gasteiger partial charge in [0.1, 0.15) is 5.75 Å². The number of rotatable bonds is 7. The maximum Gasteiger partial charge on any atom is 0.319 e. The Morgan fingerprint density at radius 3 is 2.44 bits per heavy atom. The van der Waals surface area contributed by atoms with E-state index >= 15 is 0 Å². The van der Waals surface area contributed by atoms with Crippen LogP contribution < -0.4 is 16.2 Å². The number of aryl methyl sites for hydroxylation is 4. The molecule has 0 aliphatic carbocycles. The Bertz CT molecular complexity index is 1260. The van der Waals surface area contributed by atoms with E-state index in [4.69, 9.17) is 4.74 Å². The zero-order valence-electron chi connectivity index (χ0n) is 20.0. The van der Waals surface area contributed by atoms with Crippen LogP contribution in [0.4, 0.5) is 10.5 Å². The summed E-state index contributed by atoms with van der Waals surface area (Å²) in [6.07, 6.45) is 1.37. The van der Waals surface area contributed by atoms with Crippen LogP contribution in [0.25, 0.3) is 5.69 Å². The molecule has 34 heavy (non-hydrogen) atoms. The number of pyridine rings is 1. The van der Waals surface area contributed by atoms with Gasteiger partial charge in [-0.3, -0.25) is 9.59 Å². The number of ether oxygens (including phenoxy) is 1. The number of benzene rings is 1. The number of amides is 2. The SMILES string of the molecule is CCOC(=O)C[C@H](NC(=O)Nc1c(O)c(C)cn(C)c1=O)c1cccc(-n2c(C)ccc2C)c1. The first kappa shape index (κ1) is 24.6. The first-order valence-corrected chi connectivity index (χ1v) is 11.0. The number of urea groups is 1. The second-order valence-corrected chi connectivity index (χ2v) is 8.16. The first-order valence-electron chi connectivity index (χ1n) is 11.0. The van der Waals surface area contributed by atoms with Crippen LogP contribution in [0.1, 0.15) is 41.9 Å². The van der Waals surface area contributed by atoms with Crippen molar-refractivity contribution < 1.29 is 19.4 Å². The van der Waals surface area contributed by atoms with Crippen LogP contribution in [0.2, 0.25) is 0 Å². The van der Waals surface area contributed by atoms with Crippen molar-refractivity contribution in [3.63, 3.8) is 0 Å². The minimum Gasteiger partial charge on any atom is -0.505 e. The third kappa shape index (κ3) is 5.31. The number of hydrogen-bond donors (Lipinski definition) is 3. The van der Waals surface area contributed by atoms with Crippen molar-refractivity contribution in [2.75, 3.05) is 11.9 Å². The second-order valence-electron chi connectivity index (χ2n) is 8.16. The average molecular weight is 467 g/mol. The lowest BCUT2D eigenvalue weighted by atomic mass is 10.0. The summed E-state index contributed by atoms with van der Waals surface area (Å²) in [5.74, 6) is -0.776. The van der Waals surface area contributed by atoms with E-state index in [9.17, 15) is 19.5 Å². The number of hydrogen-bond acceptors (Lipinski definition) is 5. The Kier molecular flexibility index (Phi) is 7.45. The number of nitrogens with zero attached hydrogens (tertiary/aromatic N) is 2. The van der Waals surface area contributed by atoms with Gasteiger partial charge in [0.2, 0.25) is 0 Å². The van der Waals surface area contributed by atoms with Crippen LogP contribution in [0.5, 0.6) is 5.75 Å². The van der Waals surface area contributed by atoms with Gasteiger partial charge >= 0.3 is 12.0 Å². The molecule has 0 bridgehead atoms. The predicted octanol–water partition coefficient (Wildman–Crippen LogP) is 3.62. The smallest absolute Gasteiger partial charge is 0.319 e. The van der Waals surface area contributed by atoms with Crippen molar-refractivity contribution >= 4 is 17.7 Å². The Morgan fingerprint density at radius 1 is 1.12 bits per heavy atom. The Balaban J connectivity index is 1.92. The van der Waals surface area contributed by atoms with Gasteiger partial charge in [-0.1, -0.05) is 12.1 Å². The van der Waals surface area contributed by atoms with Crippen molar-refractivity contribution in [3.8, 4) is 11.4 Å². The van der Waals surface area contributed by atoms with Gasteiger partial charge in [0.05, 0.1) is 19.1 Å². The van der Waals surface area contributed by atoms with Crippen LogP contribution in [-0.2, 0) is 16.6 Å². The monoisotopic (exact) mass is 466 g/mol. The highest BCUT2D eigenvalue weighted by atomic mass is 16.5. The van der Waals surface area contributed by atoms with Crippen molar-refractivity contribution in [3.05, 3.63) is 75.5 Å². The minimum absolute atomic E-state index is 0.105. The molecule has 0 aliphatic heterocycles. The summed E-state index contributed by atoms with van der Waals surface area (Å²) in [5.41, 5.74) is 3.32. The molecule has 0 radical (unpaired) electrons. The summed E-state index contributed by atoms with van der Waals surface area (Å²) in [6, 6.07) is 10.1. The summed E-state index contributed by atoms with van der Waals surface area (Å²) < 4.78 is 8.43. The lowest BCUT2D eigenvalue weighted by Crippen LogP contribution is -2.36. The third-order valence-corrected chi connectivity index (χ3v) is 5.55. The van der Waals surface area contributed by atoms with E-state index in [2.05, 4.69) is 15.2 Å². The van der Waals surface area contributed by atoms with Crippen molar-refractivity contribution in [1.82, 2.24) is 14.5 Å². The molecule has 2 aromatic heterocycles. The van der Waals surface area contributed by atoms with E-state index < -0.39 is 23.6 Å². The topological polar surface area (TPSA) is 115 Å². The fourth-order valence-electron chi connectivity index (χ4n) is 3.90. The first-order chi connectivity index (χ1) is 16.1. The molecule has 0 unspecified atom stereocenters. The van der Waals surface area contributed by atoms with E-state index in [-0.39, 0.29) is 24.5 Å². The summed E-state index contributed by atoms with van der Waals surface area (Å²) >= 11 is 0. The van der Waals surface area contributed by atoms with Crippen LogP contribution in [0.3, 0.4) is 0 Å². The average Bonchev–Trinajstić information content (AvgIpc) is 3.13. The molecule has 0 saturated carbocycles. The Labute approximate surface area is 198 Å². The molecule has 2 heterocycles. The van der Waals surface area contributed by atoms with Gasteiger partial charge in [-0.05, 0) is 57.5 Å². The normalized spacial score (nSPS) is 11.7. The van der Waals surface area contributed by atoms with Crippen LogP contribution in [0.15, 0.2) is 47.4 Å². The highest BCUT2D eigenvalue weighted by Crippen LogP contribution is 2.25. The molecule has 0 saturated heterocycles. The van der Waals surface area contributed by atoms with Crippen LogP contribution >= 0.6 is 0 Å². The summed E-state index contributed by atoms with van der Waals surface area (Å²) in [7, 11) is 1.53. The van der Waals surface area contributed by atoms with Gasteiger partial charge in [-0.15, -0.1) is 0 Å². The molecular weight excluding hydrogens is 436 g/mol. The Hall–Kier alpha value is -4.01. The number of carbonyl (C=O) groups is 2. The van der Waals surface area contributed by atoms with E-state index in [1.165, 1.54) is 17.8 Å². The zero-order chi connectivity index (χ0) is 25.0. The number of anilines is 1. The molecular formula is C25H30N4O5. The van der Waals surface area contributed by atoms with Crippen LogP contribution in [-0.4, -0.2) is 32.8 Å². The van der Waals surface area contributed by atoms with Crippen LogP contribution in [0, 0.1) is 20.8 Å². The minimum atomic E-state index is -0.731. The zero-order valence-corrected chi connectivity index (χ0v) is 20.0. The van der Waals surface area contributed by atoms with E-state index in [1.54, 1.807) is 13.8 Å². The quantitative estimate of drug-likeness (QED) is 0.460. The van der Waals surface area contributed by atoms with Crippen molar-refractivity contribution in [2.24, 2.45) is 7.05 Å². The highest BCUT2D eigenvalue weighted by Gasteiger charge is 2.22. The number of aromatic nitrogens is 2. The summed E-state index contributed by atoms with van der Waals surface area (Å²) in [5, 5.41) is 15.5. The highest BCUT2D eigenvalue weighted by molar-refractivity contribution is 5.91. The number of nitrogens with one attached hydrogen (secondary N) is 2. The molecule has 0 spiro atoms. The molecule has 180 valence electrons. The molecule has 0 aliphatic rings. The maximum atomic E-state index is 12.8. The lowest BCUT2D eigenvalue weighted by molar-refractivity contribution is -0.143. The molecule has 1 atom stereocenters. The summed E-state index contributed by atoms with van der Waals surface area (Å²) in [4.78, 5) is 37.6. The number of esters is 1. The fraction of sp³-hybridized carbons (Fsp3) is 0.320. The van der Waals surface area contributed by atoms with E-state index in [0.717, 1.165) is 17.1 Å². The molecule has 0 fully saturated rings. The van der Waals surface area contributed by atoms with E-state index in [0.29, 0.717) is 11.1 Å². The number of carbonyl (C=O) groups excluding carboxylic acids is 2. The summed E-state index contributed by atoms with van der Waals surface area (Å²) in [6.45, 7) is 7.54. The molecule has 3 rings (SSSR count). The molecule has 2 amide bonds. The van der Waals surface area contributed by atoms with Gasteiger partial charge in [0.25, 0.3) is 5.56 Å². The van der Waals surface area contributed by atoms with Crippen molar-refractivity contribution in [2.45, 2.75) is 40.2 Å². The molecule has 1 aromatic carbocycles. The largest absolute Gasteiger partial charge is 0.505 e. The molecule has 9 heteroatoms. The lowest BCUT2D eigenvalue weighted by Gasteiger charge is -2.21. The van der Waals surface area contributed by atoms with Gasteiger partial charge < -0.3 is 29.6 Å². The fourth-order valence-corrected chi connectivity index (χ4v) is 3.90. The van der Waals surface area contributed by atoms with Gasteiger partial charge in [0.15, 0.2) is 5.69 Å². The van der Waals surface area contributed by atoms with Crippen molar-refractivity contribution in [1.29, 1.82) is 0 Å².